The van der Waals surface area contributed by atoms with E-state index in [9.17, 15) is 4.79 Å². The zero-order chi connectivity index (χ0) is 7.84. The molecule has 1 N–H and O–H groups in total. The van der Waals surface area contributed by atoms with Crippen molar-refractivity contribution < 1.29 is 14.6 Å². The fraction of sp³-hybridized carbons (Fsp3) is 0.875. The van der Waals surface area contributed by atoms with Crippen LogP contribution in [0.25, 0.3) is 0 Å². The quantitative estimate of drug-likeness (QED) is 0.556. The third-order valence-corrected chi connectivity index (χ3v) is 2.79. The summed E-state index contributed by atoms with van der Waals surface area (Å²) in [7, 11) is 0. The first-order valence-electron chi connectivity index (χ1n) is 4.10. The van der Waals surface area contributed by atoms with Crippen molar-refractivity contribution in [3.8, 4) is 0 Å². The van der Waals surface area contributed by atoms with Gasteiger partial charge in [0, 0.05) is 12.3 Å². The van der Waals surface area contributed by atoms with Gasteiger partial charge in [0.1, 0.15) is 6.29 Å². The molecular weight excluding hydrogens is 144 g/mol. The van der Waals surface area contributed by atoms with Gasteiger partial charge in [0.25, 0.3) is 0 Å². The number of ether oxygens (including phenoxy) is 1. The molecule has 62 valence electrons. The first-order valence-corrected chi connectivity index (χ1v) is 4.10. The van der Waals surface area contributed by atoms with E-state index in [1.165, 1.54) is 0 Å². The Labute approximate surface area is 65.4 Å². The zero-order valence-electron chi connectivity index (χ0n) is 6.27. The van der Waals surface area contributed by atoms with Gasteiger partial charge in [-0.3, -0.25) is 0 Å². The van der Waals surface area contributed by atoms with E-state index in [0.717, 1.165) is 19.1 Å². The normalized spacial score (nSPS) is 49.2. The fourth-order valence-corrected chi connectivity index (χ4v) is 2.22. The highest BCUT2D eigenvalue weighted by Crippen LogP contribution is 2.41. The van der Waals surface area contributed by atoms with Gasteiger partial charge in [0.2, 0.25) is 0 Å². The van der Waals surface area contributed by atoms with Crippen LogP contribution in [0.5, 0.6) is 0 Å². The smallest absolute Gasteiger partial charge is 0.155 e. The Morgan fingerprint density at radius 3 is 3.00 bits per heavy atom. The first-order chi connectivity index (χ1) is 5.31. The molecule has 3 nitrogen and oxygen atoms in total. The third-order valence-electron chi connectivity index (χ3n) is 2.79. The minimum atomic E-state index is -0.618. The third kappa shape index (κ3) is 1.08. The molecule has 0 aromatic carbocycles. The Kier molecular flexibility index (Phi) is 1.69. The van der Waals surface area contributed by atoms with Crippen molar-refractivity contribution in [2.45, 2.75) is 31.7 Å². The molecule has 2 aliphatic rings. The average molecular weight is 156 g/mol. The first kappa shape index (κ1) is 7.25. The Morgan fingerprint density at radius 2 is 2.27 bits per heavy atom. The topological polar surface area (TPSA) is 46.5 Å². The molecule has 0 aromatic rings. The molecule has 1 unspecified atom stereocenters. The molecule has 1 saturated heterocycles. The second-order valence-electron chi connectivity index (χ2n) is 3.41. The van der Waals surface area contributed by atoms with Crippen molar-refractivity contribution >= 4 is 6.29 Å². The van der Waals surface area contributed by atoms with Crippen LogP contribution < -0.4 is 0 Å². The number of aliphatic hydroxyl groups is 1. The van der Waals surface area contributed by atoms with E-state index in [-0.39, 0.29) is 12.0 Å². The summed E-state index contributed by atoms with van der Waals surface area (Å²) in [6, 6.07) is 0. The number of rotatable bonds is 1. The lowest BCUT2D eigenvalue weighted by Gasteiger charge is -2.08. The molecule has 11 heavy (non-hydrogen) atoms. The van der Waals surface area contributed by atoms with Gasteiger partial charge in [0.05, 0.1) is 6.10 Å². The Hall–Kier alpha value is -0.410. The summed E-state index contributed by atoms with van der Waals surface area (Å²) >= 11 is 0. The molecule has 3 heteroatoms. The van der Waals surface area contributed by atoms with Gasteiger partial charge in [-0.1, -0.05) is 0 Å². The summed E-state index contributed by atoms with van der Waals surface area (Å²) in [6.45, 7) is 0. The van der Waals surface area contributed by atoms with Crippen LogP contribution in [0.1, 0.15) is 19.3 Å². The largest absolute Gasteiger partial charge is 0.368 e. The Balaban J connectivity index is 2.06. The van der Waals surface area contributed by atoms with Gasteiger partial charge >= 0.3 is 0 Å². The minimum Gasteiger partial charge on any atom is -0.368 e. The highest BCUT2D eigenvalue weighted by Gasteiger charge is 2.43. The molecule has 0 radical (unpaired) electrons. The van der Waals surface area contributed by atoms with Crippen molar-refractivity contribution in [1.82, 2.24) is 0 Å². The molecular formula is C8H12O3. The number of fused-ring (bicyclic) bond motifs is 1. The van der Waals surface area contributed by atoms with Gasteiger partial charge in [-0.25, -0.2) is 0 Å². The summed E-state index contributed by atoms with van der Waals surface area (Å²) in [5.41, 5.74) is 0. The lowest BCUT2D eigenvalue weighted by Crippen LogP contribution is -2.14. The average Bonchev–Trinajstić information content (AvgIpc) is 2.45. The van der Waals surface area contributed by atoms with Crippen LogP contribution in [0.4, 0.5) is 0 Å². The Bertz CT molecular complexity index is 169. The molecule has 4 atom stereocenters. The maximum Gasteiger partial charge on any atom is 0.155 e. The van der Waals surface area contributed by atoms with Crippen LogP contribution in [0.2, 0.25) is 0 Å². The van der Waals surface area contributed by atoms with Crippen LogP contribution in [0.15, 0.2) is 0 Å². The van der Waals surface area contributed by atoms with E-state index in [4.69, 9.17) is 9.84 Å². The number of aldehydes is 1. The number of hydrogen-bond donors (Lipinski definition) is 1. The molecule has 0 aromatic heterocycles. The predicted octanol–water partition coefficient (Wildman–Crippen LogP) is 0.319. The number of carbonyl (C=O) groups excluding carboxylic acids is 1. The molecule has 2 fully saturated rings. The van der Waals surface area contributed by atoms with E-state index < -0.39 is 6.29 Å². The predicted molar refractivity (Wildman–Crippen MR) is 37.8 cm³/mol. The minimum absolute atomic E-state index is 0.136. The van der Waals surface area contributed by atoms with Crippen LogP contribution in [0.3, 0.4) is 0 Å². The van der Waals surface area contributed by atoms with Gasteiger partial charge in [-0.15, -0.1) is 0 Å². The van der Waals surface area contributed by atoms with Gasteiger partial charge in [-0.05, 0) is 18.8 Å². The van der Waals surface area contributed by atoms with E-state index in [0.29, 0.717) is 12.3 Å². The van der Waals surface area contributed by atoms with Crippen molar-refractivity contribution in [3.63, 3.8) is 0 Å². The van der Waals surface area contributed by atoms with Crippen molar-refractivity contribution in [2.75, 3.05) is 0 Å². The summed E-state index contributed by atoms with van der Waals surface area (Å²) in [5, 5.41) is 9.11. The fourth-order valence-electron chi connectivity index (χ4n) is 2.22. The van der Waals surface area contributed by atoms with E-state index in [1.54, 1.807) is 0 Å². The lowest BCUT2D eigenvalue weighted by atomic mass is 9.95. The van der Waals surface area contributed by atoms with Crippen LogP contribution in [0, 0.1) is 11.8 Å². The van der Waals surface area contributed by atoms with Crippen molar-refractivity contribution in [2.24, 2.45) is 11.8 Å². The molecule has 1 heterocycles. The summed E-state index contributed by atoms with van der Waals surface area (Å²) < 4.78 is 5.21. The van der Waals surface area contributed by atoms with E-state index >= 15 is 0 Å². The molecule has 1 aliphatic heterocycles. The Morgan fingerprint density at radius 1 is 1.45 bits per heavy atom. The summed E-state index contributed by atoms with van der Waals surface area (Å²) in [5.74, 6) is 0.430. The molecule has 2 rings (SSSR count). The second kappa shape index (κ2) is 2.57. The molecule has 1 saturated carbocycles. The van der Waals surface area contributed by atoms with Gasteiger partial charge in [0.15, 0.2) is 6.29 Å². The summed E-state index contributed by atoms with van der Waals surface area (Å²) in [6.07, 6.45) is 3.06. The maximum absolute atomic E-state index is 10.5. The highest BCUT2D eigenvalue weighted by molar-refractivity contribution is 5.55. The van der Waals surface area contributed by atoms with Gasteiger partial charge in [-0.2, -0.15) is 0 Å². The number of aliphatic hydroxyl groups excluding tert-OH is 1. The zero-order valence-corrected chi connectivity index (χ0v) is 6.27. The second-order valence-corrected chi connectivity index (χ2v) is 3.41. The maximum atomic E-state index is 10.5. The molecule has 1 aliphatic carbocycles. The monoisotopic (exact) mass is 156 g/mol. The molecule has 0 amide bonds. The van der Waals surface area contributed by atoms with Gasteiger partial charge < -0.3 is 14.6 Å². The molecule has 0 bridgehead atoms. The summed E-state index contributed by atoms with van der Waals surface area (Å²) in [4.78, 5) is 10.5. The number of hydrogen-bond acceptors (Lipinski definition) is 3. The van der Waals surface area contributed by atoms with Crippen LogP contribution in [-0.2, 0) is 9.53 Å². The lowest BCUT2D eigenvalue weighted by molar-refractivity contribution is -0.112. The van der Waals surface area contributed by atoms with E-state index in [2.05, 4.69) is 0 Å². The van der Waals surface area contributed by atoms with Crippen molar-refractivity contribution in [3.05, 3.63) is 0 Å². The number of carbonyl (C=O) groups is 1. The van der Waals surface area contributed by atoms with E-state index in [1.807, 2.05) is 0 Å². The van der Waals surface area contributed by atoms with Crippen molar-refractivity contribution in [1.29, 1.82) is 0 Å². The SMILES string of the molecule is O=C[C@@H]1CC[C@@H]2OC(O)C[C@H]12. The van der Waals surface area contributed by atoms with Crippen LogP contribution >= 0.6 is 0 Å². The highest BCUT2D eigenvalue weighted by atomic mass is 16.6. The van der Waals surface area contributed by atoms with Crippen LogP contribution in [-0.4, -0.2) is 23.8 Å². The molecule has 0 spiro atoms. The standard InChI is InChI=1S/C8H12O3/c9-4-5-1-2-7-6(5)3-8(10)11-7/h4-8,10H,1-3H2/t5-,6+,7-,8?/m0/s1.